The summed E-state index contributed by atoms with van der Waals surface area (Å²) in [4.78, 5) is 26.7. The molecule has 0 aliphatic carbocycles. The van der Waals surface area contributed by atoms with Crippen LogP contribution in [0, 0.1) is 5.92 Å². The topological polar surface area (TPSA) is 67.2 Å². The van der Waals surface area contributed by atoms with Crippen LogP contribution in [0.25, 0.3) is 0 Å². The Hall–Kier alpha value is -1.85. The van der Waals surface area contributed by atoms with Crippen LogP contribution in [0.15, 0.2) is 12.3 Å². The van der Waals surface area contributed by atoms with Gasteiger partial charge in [-0.25, -0.2) is 0 Å². The highest BCUT2D eigenvalue weighted by atomic mass is 16.2. The van der Waals surface area contributed by atoms with Gasteiger partial charge in [-0.3, -0.25) is 14.3 Å². The molecule has 21 heavy (non-hydrogen) atoms. The quantitative estimate of drug-likeness (QED) is 0.889. The highest BCUT2D eigenvalue weighted by Crippen LogP contribution is 2.23. The average molecular weight is 292 g/mol. The molecular formula is C15H24N4O2. The van der Waals surface area contributed by atoms with E-state index in [1.165, 1.54) is 0 Å². The van der Waals surface area contributed by atoms with Crippen molar-refractivity contribution in [3.63, 3.8) is 0 Å². The van der Waals surface area contributed by atoms with Gasteiger partial charge in [0.15, 0.2) is 0 Å². The number of carbonyl (C=O) groups is 2. The zero-order valence-electron chi connectivity index (χ0n) is 13.4. The Bertz CT molecular complexity index is 548. The maximum atomic E-state index is 12.6. The van der Waals surface area contributed by atoms with E-state index in [0.717, 1.165) is 5.69 Å². The summed E-state index contributed by atoms with van der Waals surface area (Å²) >= 11 is 0. The Kier molecular flexibility index (Phi) is 4.07. The Morgan fingerprint density at radius 1 is 1.38 bits per heavy atom. The van der Waals surface area contributed by atoms with Crippen molar-refractivity contribution in [1.82, 2.24) is 20.0 Å². The molecule has 1 aliphatic heterocycles. The number of aryl methyl sites for hydroxylation is 1. The zero-order valence-corrected chi connectivity index (χ0v) is 13.4. The summed E-state index contributed by atoms with van der Waals surface area (Å²) in [6, 6.07) is 1.53. The lowest BCUT2D eigenvalue weighted by molar-refractivity contribution is -0.155. The van der Waals surface area contributed by atoms with Gasteiger partial charge in [-0.05, 0) is 25.8 Å². The largest absolute Gasteiger partial charge is 0.340 e. The molecule has 6 nitrogen and oxygen atoms in total. The number of hydrogen-bond donors (Lipinski definition) is 1. The highest BCUT2D eigenvalue weighted by molar-refractivity contribution is 5.99. The monoisotopic (exact) mass is 292 g/mol. The van der Waals surface area contributed by atoms with Gasteiger partial charge < -0.3 is 10.2 Å². The molecule has 1 atom stereocenters. The summed E-state index contributed by atoms with van der Waals surface area (Å²) in [7, 11) is 1.88. The number of amides is 2. The van der Waals surface area contributed by atoms with E-state index in [-0.39, 0.29) is 17.7 Å². The van der Waals surface area contributed by atoms with Crippen LogP contribution < -0.4 is 5.32 Å². The van der Waals surface area contributed by atoms with Gasteiger partial charge in [-0.15, -0.1) is 0 Å². The zero-order chi connectivity index (χ0) is 15.8. The first-order chi connectivity index (χ1) is 9.74. The summed E-state index contributed by atoms with van der Waals surface area (Å²) in [5, 5.41) is 6.95. The SMILES string of the molecule is CC(C)C1C(=O)NC(C)(C)C(=O)N1CCc1ccnn1C. The van der Waals surface area contributed by atoms with Gasteiger partial charge in [-0.1, -0.05) is 13.8 Å². The first kappa shape index (κ1) is 15.5. The number of carbonyl (C=O) groups excluding carboxylic acids is 2. The first-order valence-corrected chi connectivity index (χ1v) is 7.34. The fraction of sp³-hybridized carbons (Fsp3) is 0.667. The molecular weight excluding hydrogens is 268 g/mol. The molecule has 2 amide bonds. The Balaban J connectivity index is 2.20. The van der Waals surface area contributed by atoms with E-state index < -0.39 is 11.6 Å². The minimum absolute atomic E-state index is 0.0250. The standard InChI is InChI=1S/C15H24N4O2/c1-10(2)12-13(20)17-15(3,4)14(21)19(12)9-7-11-6-8-16-18(11)5/h6,8,10,12H,7,9H2,1-5H3,(H,17,20). The molecule has 1 aromatic heterocycles. The Morgan fingerprint density at radius 2 is 2.05 bits per heavy atom. The number of nitrogens with one attached hydrogen (secondary N) is 1. The summed E-state index contributed by atoms with van der Waals surface area (Å²) in [5.74, 6) is -0.0147. The van der Waals surface area contributed by atoms with Gasteiger partial charge in [0.1, 0.15) is 11.6 Å². The predicted octanol–water partition coefficient (Wildman–Crippen LogP) is 0.724. The van der Waals surface area contributed by atoms with Crippen molar-refractivity contribution in [1.29, 1.82) is 0 Å². The van der Waals surface area contributed by atoms with E-state index in [0.29, 0.717) is 13.0 Å². The van der Waals surface area contributed by atoms with Crippen molar-refractivity contribution in [2.24, 2.45) is 13.0 Å². The smallest absolute Gasteiger partial charge is 0.248 e. The molecule has 6 heteroatoms. The third kappa shape index (κ3) is 2.94. The van der Waals surface area contributed by atoms with Crippen LogP contribution in [0.4, 0.5) is 0 Å². The number of nitrogens with zero attached hydrogens (tertiary/aromatic N) is 3. The van der Waals surface area contributed by atoms with Crippen molar-refractivity contribution in [3.8, 4) is 0 Å². The van der Waals surface area contributed by atoms with E-state index in [9.17, 15) is 9.59 Å². The summed E-state index contributed by atoms with van der Waals surface area (Å²) in [6.45, 7) is 7.96. The molecule has 0 bridgehead atoms. The molecule has 2 rings (SSSR count). The average Bonchev–Trinajstić information content (AvgIpc) is 2.76. The lowest BCUT2D eigenvalue weighted by atomic mass is 9.91. The van der Waals surface area contributed by atoms with Crippen molar-refractivity contribution >= 4 is 11.8 Å². The summed E-state index contributed by atoms with van der Waals surface area (Å²) in [5.41, 5.74) is 0.212. The lowest BCUT2D eigenvalue weighted by Crippen LogP contribution is -2.69. The second-order valence-corrected chi connectivity index (χ2v) is 6.50. The minimum atomic E-state index is -0.838. The maximum Gasteiger partial charge on any atom is 0.248 e. The van der Waals surface area contributed by atoms with Crippen molar-refractivity contribution in [2.75, 3.05) is 6.54 Å². The number of hydrogen-bond acceptors (Lipinski definition) is 3. The molecule has 0 radical (unpaired) electrons. The molecule has 0 spiro atoms. The maximum absolute atomic E-state index is 12.6. The van der Waals surface area contributed by atoms with E-state index in [1.54, 1.807) is 29.6 Å². The Labute approximate surface area is 125 Å². The highest BCUT2D eigenvalue weighted by Gasteiger charge is 2.45. The van der Waals surface area contributed by atoms with Crippen LogP contribution in [0.3, 0.4) is 0 Å². The minimum Gasteiger partial charge on any atom is -0.340 e. The van der Waals surface area contributed by atoms with Crippen LogP contribution in [0.2, 0.25) is 0 Å². The normalized spacial score (nSPS) is 21.8. The molecule has 1 aromatic rings. The number of piperazine rings is 1. The molecule has 1 unspecified atom stereocenters. The van der Waals surface area contributed by atoms with Gasteiger partial charge in [0.25, 0.3) is 0 Å². The molecule has 1 N–H and O–H groups in total. The molecule has 0 saturated carbocycles. The van der Waals surface area contributed by atoms with Gasteiger partial charge in [0.05, 0.1) is 0 Å². The second kappa shape index (κ2) is 5.50. The van der Waals surface area contributed by atoms with Crippen LogP contribution in [0.5, 0.6) is 0 Å². The lowest BCUT2D eigenvalue weighted by Gasteiger charge is -2.44. The second-order valence-electron chi connectivity index (χ2n) is 6.50. The van der Waals surface area contributed by atoms with Crippen molar-refractivity contribution in [3.05, 3.63) is 18.0 Å². The van der Waals surface area contributed by atoms with Crippen molar-refractivity contribution < 1.29 is 9.59 Å². The third-order valence-electron chi connectivity index (χ3n) is 4.00. The van der Waals surface area contributed by atoms with E-state index in [1.807, 2.05) is 27.0 Å². The molecule has 1 saturated heterocycles. The van der Waals surface area contributed by atoms with Gasteiger partial charge >= 0.3 is 0 Å². The van der Waals surface area contributed by atoms with Crippen LogP contribution in [0.1, 0.15) is 33.4 Å². The number of rotatable bonds is 4. The molecule has 2 heterocycles. The van der Waals surface area contributed by atoms with Crippen LogP contribution in [-0.4, -0.2) is 44.6 Å². The van der Waals surface area contributed by atoms with Gasteiger partial charge in [0.2, 0.25) is 11.8 Å². The third-order valence-corrected chi connectivity index (χ3v) is 4.00. The summed E-state index contributed by atoms with van der Waals surface area (Å²) < 4.78 is 1.80. The summed E-state index contributed by atoms with van der Waals surface area (Å²) in [6.07, 6.45) is 2.43. The van der Waals surface area contributed by atoms with Crippen LogP contribution in [-0.2, 0) is 23.1 Å². The first-order valence-electron chi connectivity index (χ1n) is 7.34. The van der Waals surface area contributed by atoms with E-state index in [4.69, 9.17) is 0 Å². The molecule has 0 aromatic carbocycles. The van der Waals surface area contributed by atoms with E-state index >= 15 is 0 Å². The predicted molar refractivity (Wildman–Crippen MR) is 79.5 cm³/mol. The fourth-order valence-electron chi connectivity index (χ4n) is 2.85. The van der Waals surface area contributed by atoms with Gasteiger partial charge in [-0.2, -0.15) is 5.10 Å². The fourth-order valence-corrected chi connectivity index (χ4v) is 2.85. The molecule has 1 aliphatic rings. The van der Waals surface area contributed by atoms with Crippen LogP contribution >= 0.6 is 0 Å². The van der Waals surface area contributed by atoms with E-state index in [2.05, 4.69) is 10.4 Å². The van der Waals surface area contributed by atoms with Crippen molar-refractivity contribution in [2.45, 2.75) is 45.7 Å². The molecule has 1 fully saturated rings. The number of aromatic nitrogens is 2. The Morgan fingerprint density at radius 3 is 2.57 bits per heavy atom. The molecule has 116 valence electrons. The van der Waals surface area contributed by atoms with Gasteiger partial charge in [0, 0.05) is 31.9 Å².